The van der Waals surface area contributed by atoms with E-state index >= 15 is 0 Å². The number of nitrogens with two attached hydrogens (primary N) is 1. The van der Waals surface area contributed by atoms with Crippen LogP contribution in [0.1, 0.15) is 28.6 Å². The molecule has 100 valence electrons. The van der Waals surface area contributed by atoms with Crippen LogP contribution in [0.25, 0.3) is 0 Å². The molecule has 2 aromatic rings. The van der Waals surface area contributed by atoms with Crippen LogP contribution in [-0.4, -0.2) is 4.98 Å². The number of halogens is 2. The third kappa shape index (κ3) is 3.61. The molecule has 0 radical (unpaired) electrons. The second kappa shape index (κ2) is 5.80. The lowest BCUT2D eigenvalue weighted by Gasteiger charge is -2.14. The first-order valence-corrected chi connectivity index (χ1v) is 6.89. The second-order valence-corrected chi connectivity index (χ2v) is 5.58. The Labute approximate surface area is 121 Å². The van der Waals surface area contributed by atoms with E-state index < -0.39 is 0 Å². The van der Waals surface area contributed by atoms with Crippen LogP contribution in [0, 0.1) is 19.7 Å². The SMILES string of the molecule is Cc1cc(C(N)Cc2ccc(F)cc2Br)cc(C)n1. The number of aryl methyl sites for hydroxylation is 2. The topological polar surface area (TPSA) is 38.9 Å². The lowest BCUT2D eigenvalue weighted by molar-refractivity contribution is 0.624. The van der Waals surface area contributed by atoms with Crippen LogP contribution < -0.4 is 5.73 Å². The zero-order valence-electron chi connectivity index (χ0n) is 11.0. The van der Waals surface area contributed by atoms with E-state index in [4.69, 9.17) is 5.73 Å². The fraction of sp³-hybridized carbons (Fsp3) is 0.267. The summed E-state index contributed by atoms with van der Waals surface area (Å²) >= 11 is 3.37. The van der Waals surface area contributed by atoms with Crippen molar-refractivity contribution in [2.24, 2.45) is 5.73 Å². The molecule has 2 rings (SSSR count). The molecule has 4 heteroatoms. The third-order valence-electron chi connectivity index (χ3n) is 2.99. The fourth-order valence-corrected chi connectivity index (χ4v) is 2.64. The van der Waals surface area contributed by atoms with E-state index in [2.05, 4.69) is 20.9 Å². The Balaban J connectivity index is 2.22. The molecule has 0 aliphatic carbocycles. The molecule has 2 nitrogen and oxygen atoms in total. The summed E-state index contributed by atoms with van der Waals surface area (Å²) in [7, 11) is 0. The Bertz CT molecular complexity index is 578. The Morgan fingerprint density at radius 3 is 2.42 bits per heavy atom. The molecular formula is C15H16BrFN2. The van der Waals surface area contributed by atoms with Gasteiger partial charge >= 0.3 is 0 Å². The van der Waals surface area contributed by atoms with Gasteiger partial charge in [-0.25, -0.2) is 4.39 Å². The van der Waals surface area contributed by atoms with Crippen LogP contribution in [0.5, 0.6) is 0 Å². The largest absolute Gasteiger partial charge is 0.324 e. The van der Waals surface area contributed by atoms with E-state index in [-0.39, 0.29) is 11.9 Å². The molecule has 19 heavy (non-hydrogen) atoms. The van der Waals surface area contributed by atoms with E-state index in [0.29, 0.717) is 6.42 Å². The van der Waals surface area contributed by atoms with Gasteiger partial charge in [0.05, 0.1) is 0 Å². The van der Waals surface area contributed by atoms with Crippen molar-refractivity contribution in [1.82, 2.24) is 4.98 Å². The Hall–Kier alpha value is -1.26. The van der Waals surface area contributed by atoms with Gasteiger partial charge in [-0.1, -0.05) is 22.0 Å². The molecule has 0 spiro atoms. The first kappa shape index (κ1) is 14.2. The maximum atomic E-state index is 13.0. The molecule has 0 saturated carbocycles. The maximum absolute atomic E-state index is 13.0. The standard InChI is InChI=1S/C15H16BrFN2/c1-9-5-12(6-10(2)19-9)15(18)7-11-3-4-13(17)8-14(11)16/h3-6,8,15H,7,18H2,1-2H3. The monoisotopic (exact) mass is 322 g/mol. The van der Waals surface area contributed by atoms with Gasteiger partial charge in [-0.15, -0.1) is 0 Å². The Morgan fingerprint density at radius 2 is 1.84 bits per heavy atom. The van der Waals surface area contributed by atoms with Crippen molar-refractivity contribution in [3.05, 3.63) is 63.1 Å². The summed E-state index contributed by atoms with van der Waals surface area (Å²) in [4.78, 5) is 4.34. The Kier molecular flexibility index (Phi) is 4.32. The van der Waals surface area contributed by atoms with Crippen LogP contribution in [0.4, 0.5) is 4.39 Å². The fourth-order valence-electron chi connectivity index (χ4n) is 2.12. The zero-order valence-corrected chi connectivity index (χ0v) is 12.5. The molecule has 1 unspecified atom stereocenters. The zero-order chi connectivity index (χ0) is 14.0. The molecule has 0 aliphatic rings. The number of hydrogen-bond acceptors (Lipinski definition) is 2. The predicted octanol–water partition coefficient (Wildman–Crippen LogP) is 3.84. The summed E-state index contributed by atoms with van der Waals surface area (Å²) < 4.78 is 13.8. The molecule has 0 bridgehead atoms. The van der Waals surface area contributed by atoms with Gasteiger partial charge in [-0.05, 0) is 55.7 Å². The van der Waals surface area contributed by atoms with Gasteiger partial charge in [0.15, 0.2) is 0 Å². The molecule has 0 aliphatic heterocycles. The van der Waals surface area contributed by atoms with E-state index in [0.717, 1.165) is 27.0 Å². The molecule has 2 N–H and O–H groups in total. The number of benzene rings is 1. The molecule has 1 aromatic carbocycles. The lowest BCUT2D eigenvalue weighted by Crippen LogP contribution is -2.14. The highest BCUT2D eigenvalue weighted by Crippen LogP contribution is 2.24. The number of hydrogen-bond donors (Lipinski definition) is 1. The van der Waals surface area contributed by atoms with Gasteiger partial charge < -0.3 is 5.73 Å². The number of aromatic nitrogens is 1. The summed E-state index contributed by atoms with van der Waals surface area (Å²) in [5, 5.41) is 0. The molecule has 1 atom stereocenters. The van der Waals surface area contributed by atoms with Crippen molar-refractivity contribution in [2.45, 2.75) is 26.3 Å². The highest BCUT2D eigenvalue weighted by molar-refractivity contribution is 9.10. The van der Waals surface area contributed by atoms with Gasteiger partial charge in [-0.3, -0.25) is 4.98 Å². The van der Waals surface area contributed by atoms with Gasteiger partial charge in [-0.2, -0.15) is 0 Å². The highest BCUT2D eigenvalue weighted by atomic mass is 79.9. The van der Waals surface area contributed by atoms with E-state index in [1.807, 2.05) is 26.0 Å². The van der Waals surface area contributed by atoms with Crippen LogP contribution >= 0.6 is 15.9 Å². The minimum atomic E-state index is -0.250. The van der Waals surface area contributed by atoms with Crippen molar-refractivity contribution < 1.29 is 4.39 Å². The smallest absolute Gasteiger partial charge is 0.124 e. The van der Waals surface area contributed by atoms with Crippen molar-refractivity contribution in [3.8, 4) is 0 Å². The minimum Gasteiger partial charge on any atom is -0.324 e. The van der Waals surface area contributed by atoms with Crippen LogP contribution in [0.2, 0.25) is 0 Å². The Morgan fingerprint density at radius 1 is 1.21 bits per heavy atom. The summed E-state index contributed by atoms with van der Waals surface area (Å²) in [5.74, 6) is -0.250. The minimum absolute atomic E-state index is 0.123. The summed E-state index contributed by atoms with van der Waals surface area (Å²) in [6.07, 6.45) is 0.657. The van der Waals surface area contributed by atoms with E-state index in [9.17, 15) is 4.39 Å². The maximum Gasteiger partial charge on any atom is 0.124 e. The van der Waals surface area contributed by atoms with Crippen LogP contribution in [-0.2, 0) is 6.42 Å². The number of pyridine rings is 1. The second-order valence-electron chi connectivity index (χ2n) is 4.73. The quantitative estimate of drug-likeness (QED) is 0.932. The van der Waals surface area contributed by atoms with Gasteiger partial charge in [0, 0.05) is 21.9 Å². The average molecular weight is 323 g/mol. The predicted molar refractivity (Wildman–Crippen MR) is 78.4 cm³/mol. The summed E-state index contributed by atoms with van der Waals surface area (Å²) in [6.45, 7) is 3.91. The first-order chi connectivity index (χ1) is 8.95. The van der Waals surface area contributed by atoms with Crippen molar-refractivity contribution in [2.75, 3.05) is 0 Å². The molecule has 0 amide bonds. The first-order valence-electron chi connectivity index (χ1n) is 6.10. The van der Waals surface area contributed by atoms with Crippen molar-refractivity contribution >= 4 is 15.9 Å². The van der Waals surface area contributed by atoms with E-state index in [1.54, 1.807) is 6.07 Å². The van der Waals surface area contributed by atoms with Gasteiger partial charge in [0.2, 0.25) is 0 Å². The van der Waals surface area contributed by atoms with Crippen molar-refractivity contribution in [1.29, 1.82) is 0 Å². The van der Waals surface area contributed by atoms with Gasteiger partial charge in [0.25, 0.3) is 0 Å². The van der Waals surface area contributed by atoms with Crippen molar-refractivity contribution in [3.63, 3.8) is 0 Å². The number of rotatable bonds is 3. The highest BCUT2D eigenvalue weighted by Gasteiger charge is 2.11. The molecule has 1 heterocycles. The molecular weight excluding hydrogens is 307 g/mol. The van der Waals surface area contributed by atoms with Crippen LogP contribution in [0.3, 0.4) is 0 Å². The molecule has 0 saturated heterocycles. The third-order valence-corrected chi connectivity index (χ3v) is 3.73. The van der Waals surface area contributed by atoms with Crippen LogP contribution in [0.15, 0.2) is 34.8 Å². The van der Waals surface area contributed by atoms with E-state index in [1.165, 1.54) is 12.1 Å². The molecule has 0 fully saturated rings. The average Bonchev–Trinajstić information content (AvgIpc) is 2.31. The summed E-state index contributed by atoms with van der Waals surface area (Å²) in [5.41, 5.74) is 10.2. The normalized spacial score (nSPS) is 12.5. The number of nitrogens with zero attached hydrogens (tertiary/aromatic N) is 1. The van der Waals surface area contributed by atoms with Gasteiger partial charge in [0.1, 0.15) is 5.82 Å². The molecule has 1 aromatic heterocycles. The summed E-state index contributed by atoms with van der Waals surface area (Å²) in [6, 6.07) is 8.55. The lowest BCUT2D eigenvalue weighted by atomic mass is 9.99.